The molecule has 0 radical (unpaired) electrons. The summed E-state index contributed by atoms with van der Waals surface area (Å²) in [5, 5.41) is 26.8. The first-order valence-electron chi connectivity index (χ1n) is 11.7. The van der Waals surface area contributed by atoms with Crippen molar-refractivity contribution in [3.63, 3.8) is 0 Å². The molecular weight excluding hydrogens is 514 g/mol. The number of hydrogen-bond acceptors (Lipinski definition) is 9. The van der Waals surface area contributed by atoms with Crippen molar-refractivity contribution in [2.24, 2.45) is 21.6 Å². The summed E-state index contributed by atoms with van der Waals surface area (Å²) in [7, 11) is 1.80. The number of benzene rings is 2. The summed E-state index contributed by atoms with van der Waals surface area (Å²) in [5.41, 5.74) is 7.03. The molecule has 11 nitrogen and oxygen atoms in total. The number of nitrogen functional groups attached to an aromatic ring is 1. The van der Waals surface area contributed by atoms with Crippen molar-refractivity contribution in [1.29, 1.82) is 5.41 Å². The molecule has 39 heavy (non-hydrogen) atoms. The van der Waals surface area contributed by atoms with E-state index in [1.165, 1.54) is 30.3 Å². The van der Waals surface area contributed by atoms with Gasteiger partial charge in [-0.3, -0.25) is 20.2 Å². The summed E-state index contributed by atoms with van der Waals surface area (Å²) in [4.78, 5) is 25.5. The van der Waals surface area contributed by atoms with Gasteiger partial charge in [-0.05, 0) is 36.4 Å². The van der Waals surface area contributed by atoms with Crippen LogP contribution in [0.5, 0.6) is 28.9 Å². The number of carbonyl (C=O) groups is 1. The molecule has 2 heterocycles. The van der Waals surface area contributed by atoms with Crippen LogP contribution in [-0.2, 0) is 4.79 Å². The number of phenols is 1. The fourth-order valence-electron chi connectivity index (χ4n) is 3.92. The maximum Gasteiger partial charge on any atom is 0.312 e. The van der Waals surface area contributed by atoms with Gasteiger partial charge in [-0.15, -0.1) is 0 Å². The number of nitrogens with one attached hydrogen (secondary N) is 1. The number of carboxylic acid groups (broad SMARTS) is 1. The van der Waals surface area contributed by atoms with Crippen LogP contribution in [0.4, 0.5) is 14.5 Å². The number of aromatic hydroxyl groups is 1. The molecule has 2 aliphatic rings. The third-order valence-corrected chi connectivity index (χ3v) is 6.08. The summed E-state index contributed by atoms with van der Waals surface area (Å²) in [6, 6.07) is 8.41. The van der Waals surface area contributed by atoms with E-state index in [-0.39, 0.29) is 28.6 Å². The Morgan fingerprint density at radius 1 is 1.21 bits per heavy atom. The second-order valence-corrected chi connectivity index (χ2v) is 8.86. The first-order chi connectivity index (χ1) is 18.6. The lowest BCUT2D eigenvalue weighted by Crippen LogP contribution is -2.23. The molecule has 1 saturated carbocycles. The monoisotopic (exact) mass is 536 g/mol. The Morgan fingerprint density at radius 2 is 2.00 bits per heavy atom. The van der Waals surface area contributed by atoms with E-state index in [1.807, 2.05) is 4.90 Å². The van der Waals surface area contributed by atoms with Gasteiger partial charge in [0.25, 0.3) is 5.88 Å². The van der Waals surface area contributed by atoms with Gasteiger partial charge in [0.2, 0.25) is 11.6 Å². The van der Waals surface area contributed by atoms with E-state index in [1.54, 1.807) is 13.1 Å². The van der Waals surface area contributed by atoms with Gasteiger partial charge >= 0.3 is 5.97 Å². The Kier molecular flexibility index (Phi) is 6.56. The van der Waals surface area contributed by atoms with Crippen LogP contribution in [0.2, 0.25) is 0 Å². The molecule has 1 atom stereocenters. The van der Waals surface area contributed by atoms with Crippen LogP contribution < -0.4 is 15.2 Å². The second-order valence-electron chi connectivity index (χ2n) is 8.86. The van der Waals surface area contributed by atoms with E-state index < -0.39 is 35.2 Å². The van der Waals surface area contributed by atoms with Crippen molar-refractivity contribution in [3.05, 3.63) is 65.4 Å². The average Bonchev–Trinajstić information content (AvgIpc) is 3.54. The summed E-state index contributed by atoms with van der Waals surface area (Å²) in [5.74, 6) is -5.81. The number of amidine groups is 2. The molecule has 1 aromatic heterocycles. The largest absolute Gasteiger partial charge is 0.504 e. The third kappa shape index (κ3) is 5.19. The minimum absolute atomic E-state index is 0.0633. The minimum atomic E-state index is -1.28. The van der Waals surface area contributed by atoms with Crippen molar-refractivity contribution in [3.8, 4) is 28.9 Å². The lowest BCUT2D eigenvalue weighted by Gasteiger charge is -2.18. The zero-order chi connectivity index (χ0) is 27.8. The van der Waals surface area contributed by atoms with Gasteiger partial charge in [0.05, 0.1) is 24.0 Å². The number of carboxylic acids is 1. The maximum absolute atomic E-state index is 15.4. The Hall–Kier alpha value is -5.07. The minimum Gasteiger partial charge on any atom is -0.504 e. The highest BCUT2D eigenvalue weighted by Gasteiger charge is 2.39. The molecule has 0 bridgehead atoms. The molecule has 0 amide bonds. The molecule has 5 rings (SSSR count). The summed E-state index contributed by atoms with van der Waals surface area (Å²) < 4.78 is 41.3. The first-order valence-corrected chi connectivity index (χ1v) is 11.7. The number of aromatic nitrogens is 1. The quantitative estimate of drug-likeness (QED) is 0.249. The topological polar surface area (TPSA) is 167 Å². The number of aliphatic imine (C=N–C) groups is 2. The molecule has 1 fully saturated rings. The van der Waals surface area contributed by atoms with E-state index in [0.29, 0.717) is 48.5 Å². The highest BCUT2D eigenvalue weighted by Crippen LogP contribution is 2.39. The maximum atomic E-state index is 15.4. The van der Waals surface area contributed by atoms with Gasteiger partial charge in [0.15, 0.2) is 17.3 Å². The van der Waals surface area contributed by atoms with Gasteiger partial charge in [0.1, 0.15) is 23.3 Å². The summed E-state index contributed by atoms with van der Waals surface area (Å²) in [6.45, 7) is 1.12. The molecule has 0 saturated heterocycles. The van der Waals surface area contributed by atoms with E-state index in [4.69, 9.17) is 25.7 Å². The summed E-state index contributed by atoms with van der Waals surface area (Å²) >= 11 is 0. The van der Waals surface area contributed by atoms with Crippen LogP contribution in [0.25, 0.3) is 0 Å². The van der Waals surface area contributed by atoms with Gasteiger partial charge in [-0.25, -0.2) is 9.37 Å². The second kappa shape index (κ2) is 10.0. The van der Waals surface area contributed by atoms with E-state index in [9.17, 15) is 14.3 Å². The summed E-state index contributed by atoms with van der Waals surface area (Å²) in [6.07, 6.45) is 1.06. The van der Waals surface area contributed by atoms with Crippen LogP contribution in [0, 0.1) is 23.0 Å². The number of ether oxygens (including phenoxy) is 2. The van der Waals surface area contributed by atoms with E-state index in [2.05, 4.69) is 15.0 Å². The fourth-order valence-corrected chi connectivity index (χ4v) is 3.92. The van der Waals surface area contributed by atoms with Crippen molar-refractivity contribution in [2.45, 2.75) is 6.42 Å². The third-order valence-electron chi connectivity index (χ3n) is 6.08. The predicted molar refractivity (Wildman–Crippen MR) is 137 cm³/mol. The molecule has 2 aromatic carbocycles. The number of halogens is 2. The van der Waals surface area contributed by atoms with Crippen molar-refractivity contribution >= 4 is 29.0 Å². The van der Waals surface area contributed by atoms with Gasteiger partial charge < -0.3 is 30.3 Å². The molecule has 1 unspecified atom stereocenters. The molecule has 200 valence electrons. The van der Waals surface area contributed by atoms with Crippen LogP contribution in [0.3, 0.4) is 0 Å². The number of hydrogen-bond donors (Lipinski definition) is 4. The number of likely N-dealkylation sites (N-methyl/N-ethyl adjacent to an activating group) is 1. The normalized spacial score (nSPS) is 17.2. The van der Waals surface area contributed by atoms with Crippen LogP contribution in [-0.4, -0.2) is 63.6 Å². The number of phenolic OH excluding ortho intramolecular Hbond substituents is 1. The number of nitrogens with two attached hydrogens (primary N) is 1. The first kappa shape index (κ1) is 25.6. The zero-order valence-corrected chi connectivity index (χ0v) is 20.5. The highest BCUT2D eigenvalue weighted by atomic mass is 19.1. The number of nitrogens with zero attached hydrogens (tertiary/aromatic N) is 4. The standard InChI is InChI=1S/C26H22F2N6O5/c1-34-7-6-31-24(34)15-9-13(33-17-10-14(17)26(36)37)3-5-19(15)38-22-16(27)11-32-25(21(22)28)39-20-8-12(23(29)30)2-4-18(20)35/h2-5,8-9,11,14,35H,6-7,10H2,1H3,(H3,29,30)(H,36,37). The van der Waals surface area contributed by atoms with Crippen LogP contribution in [0.15, 0.2) is 52.6 Å². The van der Waals surface area contributed by atoms with Crippen LogP contribution >= 0.6 is 0 Å². The molecule has 1 aliphatic carbocycles. The Labute approximate surface area is 220 Å². The number of pyridine rings is 1. The molecular formula is C26H22F2N6O5. The van der Waals surface area contributed by atoms with Gasteiger partial charge in [-0.2, -0.15) is 4.39 Å². The van der Waals surface area contributed by atoms with Crippen molar-refractivity contribution in [1.82, 2.24) is 9.88 Å². The molecule has 0 spiro atoms. The number of rotatable bonds is 8. The van der Waals surface area contributed by atoms with Crippen molar-refractivity contribution in [2.75, 3.05) is 20.1 Å². The predicted octanol–water partition coefficient (Wildman–Crippen LogP) is 3.80. The van der Waals surface area contributed by atoms with E-state index in [0.717, 1.165) is 0 Å². The Morgan fingerprint density at radius 3 is 2.67 bits per heavy atom. The smallest absolute Gasteiger partial charge is 0.312 e. The molecule has 3 aromatic rings. The van der Waals surface area contributed by atoms with Crippen LogP contribution in [0.1, 0.15) is 17.5 Å². The highest BCUT2D eigenvalue weighted by molar-refractivity contribution is 6.16. The van der Waals surface area contributed by atoms with Crippen molar-refractivity contribution < 1.29 is 33.3 Å². The molecule has 5 N–H and O–H groups in total. The lowest BCUT2D eigenvalue weighted by molar-refractivity contribution is -0.137. The SMILES string of the molecule is CN1CCN=C1c1cc(N=C2CC2C(=O)O)ccc1Oc1c(F)cnc(Oc2cc(C(=N)N)ccc2O)c1F. The fraction of sp³-hybridized carbons (Fsp3) is 0.192. The molecule has 13 heteroatoms. The molecule has 1 aliphatic heterocycles. The Bertz CT molecular complexity index is 1570. The van der Waals surface area contributed by atoms with Gasteiger partial charge in [0, 0.05) is 31.3 Å². The van der Waals surface area contributed by atoms with Gasteiger partial charge in [-0.1, -0.05) is 0 Å². The Balaban J connectivity index is 1.50. The lowest BCUT2D eigenvalue weighted by atomic mass is 10.1. The number of aliphatic carboxylic acids is 1. The van der Waals surface area contributed by atoms with E-state index >= 15 is 4.39 Å². The zero-order valence-electron chi connectivity index (χ0n) is 20.5. The average molecular weight is 536 g/mol.